The van der Waals surface area contributed by atoms with Crippen LogP contribution in [0.1, 0.15) is 52.0 Å². The van der Waals surface area contributed by atoms with Crippen molar-refractivity contribution < 1.29 is 9.53 Å². The zero-order valence-corrected chi connectivity index (χ0v) is 12.6. The zero-order chi connectivity index (χ0) is 14.6. The summed E-state index contributed by atoms with van der Waals surface area (Å²) in [5.41, 5.74) is 0.561. The van der Waals surface area contributed by atoms with Crippen LogP contribution in [0.3, 0.4) is 0 Å². The molecule has 1 aliphatic carbocycles. The monoisotopic (exact) mass is 276 g/mol. The Hall–Kier alpha value is -1.58. The predicted octanol–water partition coefficient (Wildman–Crippen LogP) is 3.07. The Morgan fingerprint density at radius 1 is 1.40 bits per heavy atom. The molecule has 0 spiro atoms. The lowest BCUT2D eigenvalue weighted by Gasteiger charge is -2.19. The molecule has 0 radical (unpaired) electrons. The summed E-state index contributed by atoms with van der Waals surface area (Å²) >= 11 is 0. The molecule has 2 rings (SSSR count). The number of amides is 1. The molecule has 110 valence electrons. The van der Waals surface area contributed by atoms with E-state index >= 15 is 0 Å². The summed E-state index contributed by atoms with van der Waals surface area (Å²) in [6.45, 7) is 6.18. The van der Waals surface area contributed by atoms with Crippen molar-refractivity contribution in [2.45, 2.75) is 59.1 Å². The van der Waals surface area contributed by atoms with Crippen molar-refractivity contribution in [2.24, 2.45) is 5.41 Å². The first-order valence-electron chi connectivity index (χ1n) is 7.35. The molecular formula is C16H24N2O2. The minimum atomic E-state index is -0.380. The summed E-state index contributed by atoms with van der Waals surface area (Å²) in [6, 6.07) is 3.83. The molecule has 1 aromatic rings. The number of pyridine rings is 1. The lowest BCUT2D eigenvalue weighted by Crippen LogP contribution is -2.34. The fourth-order valence-electron chi connectivity index (χ4n) is 2.27. The summed E-state index contributed by atoms with van der Waals surface area (Å²) in [4.78, 5) is 16.2. The van der Waals surface area contributed by atoms with Gasteiger partial charge in [0, 0.05) is 23.7 Å². The molecule has 1 fully saturated rings. The third-order valence-corrected chi connectivity index (χ3v) is 3.55. The molecule has 1 saturated carbocycles. The number of carbonyl (C=O) groups excluding carboxylic acids is 1. The van der Waals surface area contributed by atoms with E-state index in [9.17, 15) is 4.79 Å². The number of hydrogen-bond donors (Lipinski definition) is 1. The number of nitrogens with zero attached hydrogens (tertiary/aromatic N) is 1. The molecule has 0 atom stereocenters. The van der Waals surface area contributed by atoms with Crippen LogP contribution in [0.15, 0.2) is 18.3 Å². The van der Waals surface area contributed by atoms with Gasteiger partial charge in [-0.25, -0.2) is 4.98 Å². The molecule has 0 aromatic carbocycles. The lowest BCUT2D eigenvalue weighted by atomic mass is 9.95. The molecule has 4 nitrogen and oxygen atoms in total. The van der Waals surface area contributed by atoms with Gasteiger partial charge in [-0.2, -0.15) is 0 Å². The molecule has 1 amide bonds. The van der Waals surface area contributed by atoms with E-state index in [0.717, 1.165) is 18.4 Å². The molecular weight excluding hydrogens is 252 g/mol. The van der Waals surface area contributed by atoms with Crippen molar-refractivity contribution >= 4 is 5.91 Å². The smallest absolute Gasteiger partial charge is 0.225 e. The van der Waals surface area contributed by atoms with Gasteiger partial charge in [-0.3, -0.25) is 4.79 Å². The van der Waals surface area contributed by atoms with Crippen LogP contribution in [0, 0.1) is 5.41 Å². The molecule has 1 aliphatic rings. The largest absolute Gasteiger partial charge is 0.474 e. The van der Waals surface area contributed by atoms with E-state index in [2.05, 4.69) is 10.3 Å². The molecule has 1 heterocycles. The third-order valence-electron chi connectivity index (χ3n) is 3.55. The first-order chi connectivity index (χ1) is 9.47. The Morgan fingerprint density at radius 3 is 2.75 bits per heavy atom. The molecule has 0 unspecified atom stereocenters. The normalized spacial score (nSPS) is 16.1. The summed E-state index contributed by atoms with van der Waals surface area (Å²) < 4.78 is 5.96. The van der Waals surface area contributed by atoms with Crippen molar-refractivity contribution in [2.75, 3.05) is 0 Å². The first kappa shape index (κ1) is 14.8. The Bertz CT molecular complexity index is 460. The average molecular weight is 276 g/mol. The molecule has 4 heteroatoms. The van der Waals surface area contributed by atoms with E-state index in [1.807, 2.05) is 32.9 Å². The molecule has 1 N–H and O–H groups in total. The van der Waals surface area contributed by atoms with Crippen LogP contribution in [0.2, 0.25) is 0 Å². The SMILES string of the molecule is CC(C)(C)C(=O)NCc1cccnc1OC1CCCC1. The van der Waals surface area contributed by atoms with Gasteiger partial charge in [0.05, 0.1) is 0 Å². The number of hydrogen-bond acceptors (Lipinski definition) is 3. The minimum Gasteiger partial charge on any atom is -0.474 e. The van der Waals surface area contributed by atoms with E-state index in [-0.39, 0.29) is 17.4 Å². The zero-order valence-electron chi connectivity index (χ0n) is 12.6. The maximum Gasteiger partial charge on any atom is 0.225 e. The Morgan fingerprint density at radius 2 is 2.10 bits per heavy atom. The van der Waals surface area contributed by atoms with Crippen LogP contribution < -0.4 is 10.1 Å². The second kappa shape index (κ2) is 6.25. The standard InChI is InChI=1S/C16H24N2O2/c1-16(2,3)15(19)18-11-12-7-6-10-17-14(12)20-13-8-4-5-9-13/h6-7,10,13H,4-5,8-9,11H2,1-3H3,(H,18,19). The highest BCUT2D eigenvalue weighted by Crippen LogP contribution is 2.25. The van der Waals surface area contributed by atoms with E-state index in [1.54, 1.807) is 6.20 Å². The number of carbonyl (C=O) groups is 1. The quantitative estimate of drug-likeness (QED) is 0.919. The lowest BCUT2D eigenvalue weighted by molar-refractivity contribution is -0.128. The Balaban J connectivity index is 1.98. The highest BCUT2D eigenvalue weighted by atomic mass is 16.5. The van der Waals surface area contributed by atoms with Crippen molar-refractivity contribution in [3.8, 4) is 5.88 Å². The summed E-state index contributed by atoms with van der Waals surface area (Å²) in [5, 5.41) is 2.95. The highest BCUT2D eigenvalue weighted by Gasteiger charge is 2.22. The van der Waals surface area contributed by atoms with Gasteiger partial charge < -0.3 is 10.1 Å². The van der Waals surface area contributed by atoms with Crippen LogP contribution in [0.4, 0.5) is 0 Å². The fourth-order valence-corrected chi connectivity index (χ4v) is 2.27. The second-order valence-corrected chi connectivity index (χ2v) is 6.42. The molecule has 0 bridgehead atoms. The van der Waals surface area contributed by atoms with E-state index in [1.165, 1.54) is 12.8 Å². The predicted molar refractivity (Wildman–Crippen MR) is 78.4 cm³/mol. The topological polar surface area (TPSA) is 51.2 Å². The van der Waals surface area contributed by atoms with Gasteiger partial charge in [-0.05, 0) is 31.7 Å². The number of aromatic nitrogens is 1. The van der Waals surface area contributed by atoms with Crippen LogP contribution in [0.5, 0.6) is 5.88 Å². The van der Waals surface area contributed by atoms with Crippen LogP contribution >= 0.6 is 0 Å². The highest BCUT2D eigenvalue weighted by molar-refractivity contribution is 5.81. The minimum absolute atomic E-state index is 0.0353. The van der Waals surface area contributed by atoms with Crippen molar-refractivity contribution in [3.05, 3.63) is 23.9 Å². The van der Waals surface area contributed by atoms with E-state index in [0.29, 0.717) is 12.4 Å². The van der Waals surface area contributed by atoms with Gasteiger partial charge in [0.25, 0.3) is 0 Å². The molecule has 0 saturated heterocycles. The number of nitrogens with one attached hydrogen (secondary N) is 1. The maximum absolute atomic E-state index is 11.9. The fraction of sp³-hybridized carbons (Fsp3) is 0.625. The molecule has 20 heavy (non-hydrogen) atoms. The second-order valence-electron chi connectivity index (χ2n) is 6.42. The first-order valence-corrected chi connectivity index (χ1v) is 7.35. The van der Waals surface area contributed by atoms with Gasteiger partial charge in [-0.1, -0.05) is 26.8 Å². The summed E-state index contributed by atoms with van der Waals surface area (Å²) in [7, 11) is 0. The van der Waals surface area contributed by atoms with Gasteiger partial charge in [0.15, 0.2) is 0 Å². The number of rotatable bonds is 4. The van der Waals surface area contributed by atoms with Crippen LogP contribution in [-0.4, -0.2) is 17.0 Å². The van der Waals surface area contributed by atoms with Gasteiger partial charge in [0.2, 0.25) is 11.8 Å². The van der Waals surface area contributed by atoms with Crippen molar-refractivity contribution in [1.82, 2.24) is 10.3 Å². The van der Waals surface area contributed by atoms with Gasteiger partial charge in [0.1, 0.15) is 6.10 Å². The average Bonchev–Trinajstić information content (AvgIpc) is 2.89. The summed E-state index contributed by atoms with van der Waals surface area (Å²) in [6.07, 6.45) is 6.68. The van der Waals surface area contributed by atoms with Crippen molar-refractivity contribution in [3.63, 3.8) is 0 Å². The maximum atomic E-state index is 11.9. The molecule has 0 aliphatic heterocycles. The summed E-state index contributed by atoms with van der Waals surface area (Å²) in [5.74, 6) is 0.696. The Labute approximate surface area is 120 Å². The van der Waals surface area contributed by atoms with Gasteiger partial charge >= 0.3 is 0 Å². The van der Waals surface area contributed by atoms with E-state index in [4.69, 9.17) is 4.74 Å². The van der Waals surface area contributed by atoms with Crippen molar-refractivity contribution in [1.29, 1.82) is 0 Å². The van der Waals surface area contributed by atoms with E-state index < -0.39 is 0 Å². The third kappa shape index (κ3) is 3.95. The Kier molecular flexibility index (Phi) is 4.63. The van der Waals surface area contributed by atoms with Crippen LogP contribution in [0.25, 0.3) is 0 Å². The molecule has 1 aromatic heterocycles. The van der Waals surface area contributed by atoms with Gasteiger partial charge in [-0.15, -0.1) is 0 Å². The number of ether oxygens (including phenoxy) is 1. The van der Waals surface area contributed by atoms with Crippen LogP contribution in [-0.2, 0) is 11.3 Å².